The van der Waals surface area contributed by atoms with Gasteiger partial charge in [0.25, 0.3) is 0 Å². The van der Waals surface area contributed by atoms with Crippen molar-refractivity contribution in [3.63, 3.8) is 0 Å². The average Bonchev–Trinajstić information content (AvgIpc) is 3.28. The maximum Gasteiger partial charge on any atom is 0.224 e. The minimum Gasteiger partial charge on any atom is -0.393 e. The maximum absolute atomic E-state index is 12.6. The monoisotopic (exact) mass is 356 g/mol. The average molecular weight is 356 g/mol. The molecular weight excluding hydrogens is 336 g/mol. The summed E-state index contributed by atoms with van der Waals surface area (Å²) in [4.78, 5) is 14.4. The van der Waals surface area contributed by atoms with Crippen molar-refractivity contribution in [1.82, 2.24) is 29.7 Å². The Labute approximate surface area is 149 Å². The molecule has 136 valence electrons. The fourth-order valence-corrected chi connectivity index (χ4v) is 3.20. The lowest BCUT2D eigenvalue weighted by molar-refractivity contribution is -0.133. The van der Waals surface area contributed by atoms with Crippen LogP contribution in [0.5, 0.6) is 0 Å². The molecule has 2 aromatic heterocycles. The van der Waals surface area contributed by atoms with Gasteiger partial charge >= 0.3 is 0 Å². The largest absolute Gasteiger partial charge is 0.393 e. The molecule has 1 amide bonds. The smallest absolute Gasteiger partial charge is 0.224 e. The van der Waals surface area contributed by atoms with Crippen LogP contribution in [-0.2, 0) is 24.4 Å². The van der Waals surface area contributed by atoms with E-state index in [0.717, 1.165) is 16.7 Å². The van der Waals surface area contributed by atoms with Crippen LogP contribution in [0.3, 0.4) is 0 Å². The molecule has 9 heteroatoms. The SMILES string of the molecule is O=C(CCn1nnc2ccccc21)N1CCn2nc(C(O)CO)cc2C1. The second-order valence-electron chi connectivity index (χ2n) is 6.35. The Hall–Kier alpha value is -2.78. The number of carbonyl (C=O) groups excluding carboxylic acids is 1. The van der Waals surface area contributed by atoms with Gasteiger partial charge < -0.3 is 15.1 Å². The Morgan fingerprint density at radius 3 is 2.96 bits per heavy atom. The van der Waals surface area contributed by atoms with Gasteiger partial charge in [-0.2, -0.15) is 5.10 Å². The van der Waals surface area contributed by atoms with Crippen molar-refractivity contribution in [1.29, 1.82) is 0 Å². The van der Waals surface area contributed by atoms with Crippen LogP contribution in [0.15, 0.2) is 30.3 Å². The van der Waals surface area contributed by atoms with E-state index in [4.69, 9.17) is 5.11 Å². The van der Waals surface area contributed by atoms with Gasteiger partial charge in [-0.15, -0.1) is 5.10 Å². The van der Waals surface area contributed by atoms with Crippen LogP contribution in [0.2, 0.25) is 0 Å². The summed E-state index contributed by atoms with van der Waals surface area (Å²) in [6.45, 7) is 1.70. The molecule has 0 radical (unpaired) electrons. The highest BCUT2D eigenvalue weighted by Crippen LogP contribution is 2.19. The van der Waals surface area contributed by atoms with Crippen molar-refractivity contribution in [2.45, 2.75) is 32.2 Å². The first-order valence-corrected chi connectivity index (χ1v) is 8.57. The molecule has 1 aliphatic rings. The summed E-state index contributed by atoms with van der Waals surface area (Å²) < 4.78 is 3.53. The Kier molecular flexibility index (Phi) is 4.39. The van der Waals surface area contributed by atoms with E-state index in [-0.39, 0.29) is 12.5 Å². The Morgan fingerprint density at radius 1 is 1.27 bits per heavy atom. The molecule has 26 heavy (non-hydrogen) atoms. The standard InChI is InChI=1S/C17H20N6O3/c24-11-16(25)14-9-12-10-21(7-8-22(12)19-14)17(26)5-6-23-15-4-2-1-3-13(15)18-20-23/h1-4,9,16,24-25H,5-8,10-11H2. The van der Waals surface area contributed by atoms with Crippen LogP contribution in [-0.4, -0.2) is 58.9 Å². The second kappa shape index (κ2) is 6.85. The number of aliphatic hydroxyl groups is 2. The quantitative estimate of drug-likeness (QED) is 0.670. The predicted octanol–water partition coefficient (Wildman–Crippen LogP) is 0.0860. The third-order valence-electron chi connectivity index (χ3n) is 4.64. The molecule has 1 aromatic carbocycles. The summed E-state index contributed by atoms with van der Waals surface area (Å²) in [6, 6.07) is 9.41. The first-order valence-electron chi connectivity index (χ1n) is 8.57. The second-order valence-corrected chi connectivity index (χ2v) is 6.35. The molecule has 1 unspecified atom stereocenters. The van der Waals surface area contributed by atoms with Crippen LogP contribution >= 0.6 is 0 Å². The van der Waals surface area contributed by atoms with Crippen molar-refractivity contribution in [2.24, 2.45) is 0 Å². The number of para-hydroxylation sites is 1. The van der Waals surface area contributed by atoms with Crippen LogP contribution in [0.1, 0.15) is 23.9 Å². The van der Waals surface area contributed by atoms with Crippen LogP contribution in [0, 0.1) is 0 Å². The van der Waals surface area contributed by atoms with Crippen molar-refractivity contribution in [3.05, 3.63) is 41.7 Å². The zero-order valence-corrected chi connectivity index (χ0v) is 14.2. The molecule has 0 fully saturated rings. The summed E-state index contributed by atoms with van der Waals surface area (Å²) in [7, 11) is 0. The number of rotatable bonds is 5. The third kappa shape index (κ3) is 3.06. The summed E-state index contributed by atoms with van der Waals surface area (Å²) in [5.41, 5.74) is 3.03. The van der Waals surface area contributed by atoms with Crippen molar-refractivity contribution < 1.29 is 15.0 Å². The number of hydrogen-bond acceptors (Lipinski definition) is 6. The maximum atomic E-state index is 12.6. The number of aryl methyl sites for hydroxylation is 1. The van der Waals surface area contributed by atoms with Gasteiger partial charge in [0.1, 0.15) is 11.6 Å². The van der Waals surface area contributed by atoms with E-state index in [1.54, 1.807) is 20.3 Å². The molecule has 3 heterocycles. The normalized spacial score (nSPS) is 15.2. The topological polar surface area (TPSA) is 109 Å². The summed E-state index contributed by atoms with van der Waals surface area (Å²) in [5.74, 6) is 0.0429. The van der Waals surface area contributed by atoms with E-state index in [9.17, 15) is 9.90 Å². The summed E-state index contributed by atoms with van der Waals surface area (Å²) in [5, 5.41) is 31.2. The zero-order valence-electron chi connectivity index (χ0n) is 14.2. The Bertz CT molecular complexity index is 934. The van der Waals surface area contributed by atoms with Crippen molar-refractivity contribution in [2.75, 3.05) is 13.2 Å². The lowest BCUT2D eigenvalue weighted by atomic mass is 10.2. The predicted molar refractivity (Wildman–Crippen MR) is 91.8 cm³/mol. The highest BCUT2D eigenvalue weighted by Gasteiger charge is 2.23. The van der Waals surface area contributed by atoms with Crippen molar-refractivity contribution >= 4 is 16.9 Å². The fraction of sp³-hybridized carbons (Fsp3) is 0.412. The number of nitrogens with zero attached hydrogens (tertiary/aromatic N) is 6. The van der Waals surface area contributed by atoms with Gasteiger partial charge in [-0.3, -0.25) is 9.48 Å². The number of aliphatic hydroxyl groups excluding tert-OH is 2. The fourth-order valence-electron chi connectivity index (χ4n) is 3.20. The number of benzene rings is 1. The number of amides is 1. The molecule has 3 aromatic rings. The van der Waals surface area contributed by atoms with Gasteiger partial charge in [-0.1, -0.05) is 17.3 Å². The summed E-state index contributed by atoms with van der Waals surface area (Å²) >= 11 is 0. The lowest BCUT2D eigenvalue weighted by Gasteiger charge is -2.27. The highest BCUT2D eigenvalue weighted by atomic mass is 16.3. The molecule has 4 rings (SSSR count). The lowest BCUT2D eigenvalue weighted by Crippen LogP contribution is -2.38. The van der Waals surface area contributed by atoms with Gasteiger partial charge in [0.2, 0.25) is 5.91 Å². The van der Waals surface area contributed by atoms with Crippen LogP contribution < -0.4 is 0 Å². The molecule has 9 nitrogen and oxygen atoms in total. The molecule has 0 spiro atoms. The molecule has 0 saturated heterocycles. The molecule has 1 atom stereocenters. The molecule has 0 saturated carbocycles. The molecule has 2 N–H and O–H groups in total. The van der Waals surface area contributed by atoms with E-state index in [2.05, 4.69) is 15.4 Å². The molecule has 0 aliphatic carbocycles. The van der Waals surface area contributed by atoms with E-state index in [1.807, 2.05) is 24.3 Å². The zero-order chi connectivity index (χ0) is 18.1. The third-order valence-corrected chi connectivity index (χ3v) is 4.64. The number of hydrogen-bond donors (Lipinski definition) is 2. The first kappa shape index (κ1) is 16.7. The molecule has 0 bridgehead atoms. The number of fused-ring (bicyclic) bond motifs is 2. The van der Waals surface area contributed by atoms with E-state index in [0.29, 0.717) is 38.3 Å². The van der Waals surface area contributed by atoms with E-state index >= 15 is 0 Å². The molecular formula is C17H20N6O3. The van der Waals surface area contributed by atoms with Crippen molar-refractivity contribution in [3.8, 4) is 0 Å². The minimum absolute atomic E-state index is 0.0429. The van der Waals surface area contributed by atoms with Gasteiger partial charge in [0.05, 0.1) is 43.1 Å². The minimum atomic E-state index is -0.988. The Balaban J connectivity index is 1.40. The highest BCUT2D eigenvalue weighted by molar-refractivity contribution is 5.77. The van der Waals surface area contributed by atoms with E-state index in [1.165, 1.54) is 0 Å². The van der Waals surface area contributed by atoms with Crippen LogP contribution in [0.25, 0.3) is 11.0 Å². The number of carbonyl (C=O) groups is 1. The van der Waals surface area contributed by atoms with Crippen LogP contribution in [0.4, 0.5) is 0 Å². The van der Waals surface area contributed by atoms with E-state index < -0.39 is 6.10 Å². The van der Waals surface area contributed by atoms with Gasteiger partial charge in [-0.25, -0.2) is 4.68 Å². The number of aromatic nitrogens is 5. The first-order chi connectivity index (χ1) is 12.7. The van der Waals surface area contributed by atoms with Gasteiger partial charge in [-0.05, 0) is 18.2 Å². The molecule has 1 aliphatic heterocycles. The van der Waals surface area contributed by atoms with Gasteiger partial charge in [0.15, 0.2) is 0 Å². The van der Waals surface area contributed by atoms with Gasteiger partial charge in [0, 0.05) is 13.0 Å². The Morgan fingerprint density at radius 2 is 2.12 bits per heavy atom. The summed E-state index contributed by atoms with van der Waals surface area (Å²) in [6.07, 6.45) is -0.647.